The Morgan fingerprint density at radius 1 is 1.17 bits per heavy atom. The summed E-state index contributed by atoms with van der Waals surface area (Å²) in [6.07, 6.45) is 0.120. The third kappa shape index (κ3) is 5.38. The maximum absolute atomic E-state index is 11.2. The van der Waals surface area contributed by atoms with Crippen molar-refractivity contribution in [3.05, 3.63) is 44.4 Å². The smallest absolute Gasteiger partial charge is 0.307 e. The lowest BCUT2D eigenvalue weighted by atomic mass is 10.1. The summed E-state index contributed by atoms with van der Waals surface area (Å²) in [5.74, 6) is 0.654. The van der Waals surface area contributed by atoms with Crippen LogP contribution < -0.4 is 9.61 Å². The largest absolute Gasteiger partial charge is 0.494 e. The molecule has 0 aliphatic heterocycles. The molecule has 0 spiro atoms. The molecule has 0 unspecified atom stereocenters. The van der Waals surface area contributed by atoms with Gasteiger partial charge in [-0.2, -0.15) is 0 Å². The number of hydrogen-bond acceptors (Lipinski definition) is 6. The first kappa shape index (κ1) is 17.5. The maximum Gasteiger partial charge on any atom is 0.307 e. The predicted molar refractivity (Wildman–Crippen MR) is 88.4 cm³/mol. The summed E-state index contributed by atoms with van der Waals surface area (Å²) in [6.45, 7) is 5.27. The first-order valence-corrected chi connectivity index (χ1v) is 8.29. The lowest BCUT2D eigenvalue weighted by Gasteiger charge is -2.17. The van der Waals surface area contributed by atoms with Crippen LogP contribution in [-0.2, 0) is 15.9 Å². The molecule has 2 N–H and O–H groups in total. The van der Waals surface area contributed by atoms with Crippen LogP contribution in [0.25, 0.3) is 0 Å². The standard InChI is InChI=1S/C16H21NO5S/c1-3-20-14(21-4-2)10-22-12-7-5-11(6-8-12)9-13-15(18)17-16(19)23-13/h5-8,14,18H,3-4,9-10H2,1-2H3,(H,17,19). The Kier molecular flexibility index (Phi) is 6.64. The van der Waals surface area contributed by atoms with Gasteiger partial charge < -0.3 is 19.3 Å². The molecule has 0 saturated heterocycles. The summed E-state index contributed by atoms with van der Waals surface area (Å²) >= 11 is 1.01. The molecule has 0 radical (unpaired) electrons. The number of aromatic nitrogens is 1. The number of ether oxygens (including phenoxy) is 3. The lowest BCUT2D eigenvalue weighted by Crippen LogP contribution is -2.25. The molecule has 1 heterocycles. The molecule has 2 rings (SSSR count). The van der Waals surface area contributed by atoms with Gasteiger partial charge in [0.25, 0.3) is 0 Å². The monoisotopic (exact) mass is 339 g/mol. The maximum atomic E-state index is 11.2. The molecule has 126 valence electrons. The fraction of sp³-hybridized carbons (Fsp3) is 0.438. The van der Waals surface area contributed by atoms with E-state index in [1.54, 1.807) is 0 Å². The van der Waals surface area contributed by atoms with E-state index in [9.17, 15) is 9.90 Å². The van der Waals surface area contributed by atoms with Gasteiger partial charge in [-0.15, -0.1) is 0 Å². The van der Waals surface area contributed by atoms with E-state index in [0.29, 0.717) is 36.9 Å². The van der Waals surface area contributed by atoms with Crippen molar-refractivity contribution in [3.63, 3.8) is 0 Å². The van der Waals surface area contributed by atoms with Crippen LogP contribution in [0.3, 0.4) is 0 Å². The summed E-state index contributed by atoms with van der Waals surface area (Å²) < 4.78 is 16.5. The zero-order valence-corrected chi connectivity index (χ0v) is 14.0. The average Bonchev–Trinajstić information content (AvgIpc) is 2.84. The van der Waals surface area contributed by atoms with Crippen LogP contribution in [0.2, 0.25) is 0 Å². The number of hydrogen-bond donors (Lipinski definition) is 2. The molecule has 0 amide bonds. The zero-order valence-electron chi connectivity index (χ0n) is 13.2. The third-order valence-corrected chi connectivity index (χ3v) is 3.95. The molecule has 0 bridgehead atoms. The van der Waals surface area contributed by atoms with E-state index in [-0.39, 0.29) is 17.0 Å². The SMILES string of the molecule is CCOC(COc1ccc(Cc2sc(=O)[nH]c2O)cc1)OCC. The van der Waals surface area contributed by atoms with Crippen molar-refractivity contribution in [1.82, 2.24) is 4.98 Å². The fourth-order valence-corrected chi connectivity index (χ4v) is 2.80. The number of thiazole rings is 1. The van der Waals surface area contributed by atoms with Gasteiger partial charge >= 0.3 is 4.87 Å². The minimum atomic E-state index is -0.376. The first-order chi connectivity index (χ1) is 11.1. The molecule has 0 aliphatic carbocycles. The molecule has 23 heavy (non-hydrogen) atoms. The summed E-state index contributed by atoms with van der Waals surface area (Å²) in [6, 6.07) is 7.48. The van der Waals surface area contributed by atoms with Gasteiger partial charge in [0.2, 0.25) is 5.88 Å². The molecule has 0 atom stereocenters. The Labute approximate surface area is 138 Å². The molecule has 7 heteroatoms. The minimum Gasteiger partial charge on any atom is -0.494 e. The van der Waals surface area contributed by atoms with Crippen molar-refractivity contribution in [3.8, 4) is 11.6 Å². The second kappa shape index (κ2) is 8.71. The molecular formula is C16H21NO5S. The summed E-state index contributed by atoms with van der Waals surface area (Å²) in [5.41, 5.74) is 0.981. The topological polar surface area (TPSA) is 80.8 Å². The quantitative estimate of drug-likeness (QED) is 0.686. The van der Waals surface area contributed by atoms with Crippen LogP contribution in [-0.4, -0.2) is 36.2 Å². The van der Waals surface area contributed by atoms with Gasteiger partial charge in [-0.25, -0.2) is 0 Å². The van der Waals surface area contributed by atoms with Crippen LogP contribution in [0, 0.1) is 0 Å². The second-order valence-corrected chi connectivity index (χ2v) is 5.83. The summed E-state index contributed by atoms with van der Waals surface area (Å²) in [7, 11) is 0. The van der Waals surface area contributed by atoms with Gasteiger partial charge in [-0.05, 0) is 31.5 Å². The molecule has 0 saturated carbocycles. The van der Waals surface area contributed by atoms with Gasteiger partial charge in [0.15, 0.2) is 6.29 Å². The molecule has 6 nitrogen and oxygen atoms in total. The van der Waals surface area contributed by atoms with Crippen molar-refractivity contribution in [2.45, 2.75) is 26.6 Å². The number of H-pyrrole nitrogens is 1. The highest BCUT2D eigenvalue weighted by Crippen LogP contribution is 2.21. The van der Waals surface area contributed by atoms with Gasteiger partial charge in [0.1, 0.15) is 12.4 Å². The Hall–Kier alpha value is -1.83. The Morgan fingerprint density at radius 2 is 1.83 bits per heavy atom. The van der Waals surface area contributed by atoms with E-state index >= 15 is 0 Å². The van der Waals surface area contributed by atoms with Crippen LogP contribution in [0.5, 0.6) is 11.6 Å². The molecular weight excluding hydrogens is 318 g/mol. The minimum absolute atomic E-state index is 0.0587. The van der Waals surface area contributed by atoms with Crippen molar-refractivity contribution >= 4 is 11.3 Å². The van der Waals surface area contributed by atoms with Crippen molar-refractivity contribution in [2.24, 2.45) is 0 Å². The van der Waals surface area contributed by atoms with Crippen LogP contribution in [0.15, 0.2) is 29.1 Å². The van der Waals surface area contributed by atoms with Gasteiger partial charge in [-0.1, -0.05) is 23.5 Å². The highest BCUT2D eigenvalue weighted by molar-refractivity contribution is 7.09. The number of rotatable bonds is 9. The highest BCUT2D eigenvalue weighted by Gasteiger charge is 2.10. The van der Waals surface area contributed by atoms with E-state index in [2.05, 4.69) is 4.98 Å². The van der Waals surface area contributed by atoms with E-state index in [1.807, 2.05) is 38.1 Å². The van der Waals surface area contributed by atoms with Gasteiger partial charge in [0.05, 0.1) is 4.88 Å². The van der Waals surface area contributed by atoms with Crippen molar-refractivity contribution in [1.29, 1.82) is 0 Å². The molecule has 0 aliphatic rings. The van der Waals surface area contributed by atoms with Crippen LogP contribution in [0.1, 0.15) is 24.3 Å². The average molecular weight is 339 g/mol. The summed E-state index contributed by atoms with van der Waals surface area (Å²) in [4.78, 5) is 13.9. The predicted octanol–water partition coefficient (Wildman–Crippen LogP) is 2.51. The number of aromatic amines is 1. The Balaban J connectivity index is 1.91. The van der Waals surface area contributed by atoms with Crippen molar-refractivity contribution < 1.29 is 19.3 Å². The van der Waals surface area contributed by atoms with E-state index < -0.39 is 0 Å². The Morgan fingerprint density at radius 3 is 2.35 bits per heavy atom. The first-order valence-electron chi connectivity index (χ1n) is 7.48. The lowest BCUT2D eigenvalue weighted by molar-refractivity contribution is -0.152. The Bertz CT molecular complexity index is 643. The van der Waals surface area contributed by atoms with Crippen molar-refractivity contribution in [2.75, 3.05) is 19.8 Å². The normalized spacial score (nSPS) is 11.1. The molecule has 1 aromatic heterocycles. The number of benzene rings is 1. The zero-order chi connectivity index (χ0) is 16.7. The summed E-state index contributed by atoms with van der Waals surface area (Å²) in [5, 5.41) is 9.60. The molecule has 0 fully saturated rings. The van der Waals surface area contributed by atoms with Crippen LogP contribution >= 0.6 is 11.3 Å². The number of aromatic hydroxyl groups is 1. The van der Waals surface area contributed by atoms with Crippen LogP contribution in [0.4, 0.5) is 0 Å². The van der Waals surface area contributed by atoms with E-state index in [1.165, 1.54) is 0 Å². The number of nitrogens with one attached hydrogen (secondary N) is 1. The third-order valence-electron chi connectivity index (χ3n) is 3.08. The van der Waals surface area contributed by atoms with Gasteiger partial charge in [0, 0.05) is 19.6 Å². The highest BCUT2D eigenvalue weighted by atomic mass is 32.1. The van der Waals surface area contributed by atoms with E-state index in [4.69, 9.17) is 14.2 Å². The second-order valence-electron chi connectivity index (χ2n) is 4.76. The fourth-order valence-electron chi connectivity index (χ4n) is 2.04. The molecule has 2 aromatic rings. The van der Waals surface area contributed by atoms with E-state index in [0.717, 1.165) is 16.9 Å². The van der Waals surface area contributed by atoms with Gasteiger partial charge in [-0.3, -0.25) is 9.78 Å². The molecule has 1 aromatic carbocycles.